The minimum absolute atomic E-state index is 0.169. The molecule has 2 aromatic heterocycles. The Balaban J connectivity index is 1.83. The molecular formula is C19H19N3O3S. The molecule has 0 aliphatic carbocycles. The number of primary amides is 1. The fourth-order valence-corrected chi connectivity index (χ4v) is 3.59. The van der Waals surface area contributed by atoms with Crippen molar-refractivity contribution in [2.45, 2.75) is 20.8 Å². The number of ether oxygens (including phenoxy) is 1. The van der Waals surface area contributed by atoms with Crippen LogP contribution in [0.3, 0.4) is 0 Å². The molecule has 0 saturated heterocycles. The zero-order valence-corrected chi connectivity index (χ0v) is 15.6. The van der Waals surface area contributed by atoms with Crippen molar-refractivity contribution >= 4 is 23.0 Å². The molecule has 0 unspecified atom stereocenters. The van der Waals surface area contributed by atoms with Crippen molar-refractivity contribution in [3.8, 4) is 10.9 Å². The number of aryl methyl sites for hydroxylation is 2. The van der Waals surface area contributed by atoms with Gasteiger partial charge >= 0.3 is 0 Å². The normalized spacial score (nSPS) is 10.7. The molecule has 2 heterocycles. The molecule has 3 rings (SSSR count). The van der Waals surface area contributed by atoms with Gasteiger partial charge in [-0.05, 0) is 44.5 Å². The van der Waals surface area contributed by atoms with Crippen LogP contribution in [0.1, 0.15) is 37.7 Å². The molecule has 0 aliphatic heterocycles. The lowest BCUT2D eigenvalue weighted by molar-refractivity contribution is 0.0911. The van der Waals surface area contributed by atoms with Crippen LogP contribution in [0.15, 0.2) is 35.8 Å². The van der Waals surface area contributed by atoms with Crippen LogP contribution >= 0.6 is 11.3 Å². The number of hydrogen-bond acceptors (Lipinski definition) is 5. The van der Waals surface area contributed by atoms with Gasteiger partial charge in [0.15, 0.2) is 11.7 Å². The summed E-state index contributed by atoms with van der Waals surface area (Å²) in [6, 6.07) is 6.90. The Morgan fingerprint density at radius 1 is 1.19 bits per heavy atom. The summed E-state index contributed by atoms with van der Waals surface area (Å²) >= 11 is 1.50. The first-order valence-electron chi connectivity index (χ1n) is 8.03. The third kappa shape index (κ3) is 3.39. The van der Waals surface area contributed by atoms with Gasteiger partial charge in [-0.3, -0.25) is 14.2 Å². The predicted octanol–water partition coefficient (Wildman–Crippen LogP) is 3.22. The molecule has 1 amide bonds. The van der Waals surface area contributed by atoms with E-state index >= 15 is 0 Å². The summed E-state index contributed by atoms with van der Waals surface area (Å²) in [6.45, 7) is 5.51. The van der Waals surface area contributed by atoms with Crippen LogP contribution in [-0.4, -0.2) is 27.8 Å². The Morgan fingerprint density at radius 2 is 1.96 bits per heavy atom. The van der Waals surface area contributed by atoms with Crippen molar-refractivity contribution in [1.82, 2.24) is 9.55 Å². The highest BCUT2D eigenvalue weighted by Crippen LogP contribution is 2.24. The average molecular weight is 369 g/mol. The van der Waals surface area contributed by atoms with Crippen molar-refractivity contribution in [3.05, 3.63) is 63.9 Å². The number of thiazole rings is 1. The van der Waals surface area contributed by atoms with Gasteiger partial charge in [0, 0.05) is 28.5 Å². The lowest BCUT2D eigenvalue weighted by atomic mass is 10.1. The molecular weight excluding hydrogens is 350 g/mol. The van der Waals surface area contributed by atoms with Crippen molar-refractivity contribution in [3.63, 3.8) is 0 Å². The van der Waals surface area contributed by atoms with E-state index < -0.39 is 5.91 Å². The molecule has 0 bridgehead atoms. The van der Waals surface area contributed by atoms with E-state index in [1.54, 1.807) is 24.4 Å². The van der Waals surface area contributed by atoms with Crippen LogP contribution in [0.25, 0.3) is 5.13 Å². The molecule has 7 heteroatoms. The minimum Gasteiger partial charge on any atom is -0.485 e. The molecule has 3 aromatic rings. The predicted molar refractivity (Wildman–Crippen MR) is 100 cm³/mol. The lowest BCUT2D eigenvalue weighted by Crippen LogP contribution is -2.17. The SMILES string of the molecule is Cc1ccc(C(N)=O)c(OCC(=O)c2cc(C)n(-c3nccs3)c2C)c1. The Labute approximate surface area is 155 Å². The van der Waals surface area contributed by atoms with Crippen LogP contribution in [0, 0.1) is 20.8 Å². The molecule has 0 spiro atoms. The lowest BCUT2D eigenvalue weighted by Gasteiger charge is -2.10. The highest BCUT2D eigenvalue weighted by Gasteiger charge is 2.19. The Hall–Kier alpha value is -2.93. The van der Waals surface area contributed by atoms with Gasteiger partial charge in [0.05, 0.1) is 5.56 Å². The van der Waals surface area contributed by atoms with E-state index in [-0.39, 0.29) is 18.0 Å². The number of aromatic nitrogens is 2. The third-order valence-corrected chi connectivity index (χ3v) is 4.86. The zero-order chi connectivity index (χ0) is 18.8. The molecule has 0 radical (unpaired) electrons. The molecule has 0 saturated carbocycles. The van der Waals surface area contributed by atoms with E-state index in [1.165, 1.54) is 11.3 Å². The Morgan fingerprint density at radius 3 is 2.62 bits per heavy atom. The number of amides is 1. The summed E-state index contributed by atoms with van der Waals surface area (Å²) in [5, 5.41) is 2.71. The van der Waals surface area contributed by atoms with Gasteiger partial charge < -0.3 is 10.5 Å². The molecule has 0 aliphatic rings. The number of ketones is 1. The number of carbonyl (C=O) groups is 2. The quantitative estimate of drug-likeness (QED) is 0.676. The number of benzene rings is 1. The number of carbonyl (C=O) groups excluding carboxylic acids is 2. The van der Waals surface area contributed by atoms with Gasteiger partial charge in [-0.25, -0.2) is 4.98 Å². The van der Waals surface area contributed by atoms with E-state index in [0.29, 0.717) is 11.3 Å². The summed E-state index contributed by atoms with van der Waals surface area (Å²) in [7, 11) is 0. The maximum absolute atomic E-state index is 12.7. The van der Waals surface area contributed by atoms with Gasteiger partial charge in [-0.15, -0.1) is 11.3 Å². The molecule has 6 nitrogen and oxygen atoms in total. The van der Waals surface area contributed by atoms with Gasteiger partial charge in [0.1, 0.15) is 5.75 Å². The van der Waals surface area contributed by atoms with E-state index in [9.17, 15) is 9.59 Å². The highest BCUT2D eigenvalue weighted by atomic mass is 32.1. The summed E-state index contributed by atoms with van der Waals surface area (Å²) in [5.74, 6) is -0.438. The van der Waals surface area contributed by atoms with Gasteiger partial charge in [0.25, 0.3) is 5.91 Å². The third-order valence-electron chi connectivity index (χ3n) is 4.10. The van der Waals surface area contributed by atoms with Crippen LogP contribution in [-0.2, 0) is 0 Å². The fourth-order valence-electron chi connectivity index (χ4n) is 2.84. The number of hydrogen-bond donors (Lipinski definition) is 1. The van der Waals surface area contributed by atoms with Gasteiger partial charge in [-0.1, -0.05) is 6.07 Å². The Kier molecular flexibility index (Phi) is 4.90. The molecule has 0 atom stereocenters. The van der Waals surface area contributed by atoms with Crippen LogP contribution < -0.4 is 10.5 Å². The molecule has 1 aromatic carbocycles. The first-order chi connectivity index (χ1) is 12.4. The van der Waals surface area contributed by atoms with E-state index in [0.717, 1.165) is 22.1 Å². The second-order valence-corrected chi connectivity index (χ2v) is 6.88. The zero-order valence-electron chi connectivity index (χ0n) is 14.8. The second kappa shape index (κ2) is 7.13. The Bertz CT molecular complexity index is 974. The molecule has 26 heavy (non-hydrogen) atoms. The van der Waals surface area contributed by atoms with Crippen molar-refractivity contribution < 1.29 is 14.3 Å². The smallest absolute Gasteiger partial charge is 0.252 e. The largest absolute Gasteiger partial charge is 0.485 e. The van der Waals surface area contributed by atoms with E-state index in [2.05, 4.69) is 4.98 Å². The number of nitrogens with two attached hydrogens (primary N) is 1. The topological polar surface area (TPSA) is 87.2 Å². The summed E-state index contributed by atoms with van der Waals surface area (Å²) in [6.07, 6.45) is 1.73. The summed E-state index contributed by atoms with van der Waals surface area (Å²) in [4.78, 5) is 28.5. The number of Topliss-reactive ketones (excluding diaryl/α,β-unsaturated/α-hetero) is 1. The standard InChI is InChI=1S/C19H19N3O3S/c1-11-4-5-14(18(20)24)17(8-11)25-10-16(23)15-9-12(2)22(13(15)3)19-21-6-7-26-19/h4-9H,10H2,1-3H3,(H2,20,24). The number of nitrogens with zero attached hydrogens (tertiary/aromatic N) is 2. The maximum atomic E-state index is 12.7. The monoisotopic (exact) mass is 369 g/mol. The van der Waals surface area contributed by atoms with E-state index in [1.807, 2.05) is 36.8 Å². The van der Waals surface area contributed by atoms with Crippen molar-refractivity contribution in [2.24, 2.45) is 5.73 Å². The molecule has 0 fully saturated rings. The first kappa shape index (κ1) is 17.9. The molecule has 2 N–H and O–H groups in total. The maximum Gasteiger partial charge on any atom is 0.252 e. The van der Waals surface area contributed by atoms with Gasteiger partial charge in [0.2, 0.25) is 5.78 Å². The summed E-state index contributed by atoms with van der Waals surface area (Å²) < 4.78 is 7.56. The summed E-state index contributed by atoms with van der Waals surface area (Å²) in [5.41, 5.74) is 8.86. The van der Waals surface area contributed by atoms with Gasteiger partial charge in [-0.2, -0.15) is 0 Å². The minimum atomic E-state index is -0.589. The fraction of sp³-hybridized carbons (Fsp3) is 0.211. The first-order valence-corrected chi connectivity index (χ1v) is 8.91. The van der Waals surface area contributed by atoms with E-state index in [4.69, 9.17) is 10.5 Å². The highest BCUT2D eigenvalue weighted by molar-refractivity contribution is 7.12. The average Bonchev–Trinajstić information content (AvgIpc) is 3.20. The van der Waals surface area contributed by atoms with Crippen LogP contribution in [0.4, 0.5) is 0 Å². The molecule has 134 valence electrons. The number of rotatable bonds is 6. The second-order valence-electron chi connectivity index (χ2n) is 6.01. The van der Waals surface area contributed by atoms with Crippen LogP contribution in [0.5, 0.6) is 5.75 Å². The van der Waals surface area contributed by atoms with Crippen molar-refractivity contribution in [2.75, 3.05) is 6.61 Å². The van der Waals surface area contributed by atoms with Crippen molar-refractivity contribution in [1.29, 1.82) is 0 Å². The van der Waals surface area contributed by atoms with Crippen LogP contribution in [0.2, 0.25) is 0 Å².